The summed E-state index contributed by atoms with van der Waals surface area (Å²) in [6.45, 7) is 3.66. The fourth-order valence-corrected chi connectivity index (χ4v) is 4.03. The molecule has 1 fully saturated rings. The molecule has 0 bridgehead atoms. The van der Waals surface area contributed by atoms with Crippen molar-refractivity contribution in [3.8, 4) is 11.5 Å². The summed E-state index contributed by atoms with van der Waals surface area (Å²) < 4.78 is 10.8. The van der Waals surface area contributed by atoms with Crippen molar-refractivity contribution in [1.82, 2.24) is 4.90 Å². The van der Waals surface area contributed by atoms with Crippen molar-refractivity contribution in [1.29, 1.82) is 0 Å². The minimum atomic E-state index is -0.428. The number of hydrogen-bond acceptors (Lipinski definition) is 4. The van der Waals surface area contributed by atoms with E-state index in [1.807, 2.05) is 18.2 Å². The lowest BCUT2D eigenvalue weighted by atomic mass is 9.76. The van der Waals surface area contributed by atoms with Crippen molar-refractivity contribution in [2.24, 2.45) is 5.41 Å². The highest BCUT2D eigenvalue weighted by Gasteiger charge is 2.35. The van der Waals surface area contributed by atoms with Crippen molar-refractivity contribution < 1.29 is 19.1 Å². The highest BCUT2D eigenvalue weighted by atomic mass is 16.7. The molecule has 0 aromatic heterocycles. The highest BCUT2D eigenvalue weighted by molar-refractivity contribution is 6.42. The molecule has 4 rings (SSSR count). The van der Waals surface area contributed by atoms with Crippen molar-refractivity contribution in [3.05, 3.63) is 59.7 Å². The van der Waals surface area contributed by atoms with Crippen molar-refractivity contribution in [2.45, 2.75) is 26.2 Å². The van der Waals surface area contributed by atoms with Crippen LogP contribution < -0.4 is 9.47 Å². The molecule has 2 aromatic rings. The Morgan fingerprint density at radius 1 is 1.07 bits per heavy atom. The van der Waals surface area contributed by atoms with Crippen molar-refractivity contribution >= 4 is 11.7 Å². The number of ether oxygens (including phenoxy) is 2. The fourth-order valence-electron chi connectivity index (χ4n) is 4.03. The van der Waals surface area contributed by atoms with E-state index in [1.54, 1.807) is 29.2 Å². The predicted octanol–water partition coefficient (Wildman–Crippen LogP) is 3.47. The number of rotatable bonds is 4. The second kappa shape index (κ2) is 7.06. The third-order valence-electron chi connectivity index (χ3n) is 5.37. The summed E-state index contributed by atoms with van der Waals surface area (Å²) in [5.74, 6) is 0.720. The summed E-state index contributed by atoms with van der Waals surface area (Å²) >= 11 is 0. The van der Waals surface area contributed by atoms with Gasteiger partial charge in [0.05, 0.1) is 0 Å². The topological polar surface area (TPSA) is 55.8 Å². The molecule has 2 heterocycles. The van der Waals surface area contributed by atoms with Gasteiger partial charge in [-0.05, 0) is 42.4 Å². The zero-order valence-corrected chi connectivity index (χ0v) is 15.4. The van der Waals surface area contributed by atoms with Gasteiger partial charge in [-0.3, -0.25) is 9.59 Å². The molecule has 0 saturated carbocycles. The molecule has 27 heavy (non-hydrogen) atoms. The Labute approximate surface area is 158 Å². The Bertz CT molecular complexity index is 864. The van der Waals surface area contributed by atoms with Gasteiger partial charge in [0.1, 0.15) is 0 Å². The SMILES string of the molecule is C[C@]1(Cc2ccc3c(c2)OCO3)CCCN(C(=O)C(=O)c2ccccc2)C1. The second-order valence-corrected chi connectivity index (χ2v) is 7.70. The van der Waals surface area contributed by atoms with E-state index in [2.05, 4.69) is 13.0 Å². The van der Waals surface area contributed by atoms with Crippen molar-refractivity contribution in [3.63, 3.8) is 0 Å². The van der Waals surface area contributed by atoms with Gasteiger partial charge in [-0.1, -0.05) is 43.3 Å². The molecule has 2 aliphatic heterocycles. The number of piperidine rings is 1. The number of fused-ring (bicyclic) bond motifs is 1. The van der Waals surface area contributed by atoms with Gasteiger partial charge in [-0.2, -0.15) is 0 Å². The third kappa shape index (κ3) is 3.68. The van der Waals surface area contributed by atoms with Gasteiger partial charge in [0.15, 0.2) is 11.5 Å². The number of benzene rings is 2. The van der Waals surface area contributed by atoms with Crippen LogP contribution in [0.2, 0.25) is 0 Å². The molecule has 0 spiro atoms. The molecule has 0 aliphatic carbocycles. The van der Waals surface area contributed by atoms with E-state index in [0.29, 0.717) is 18.7 Å². The first kappa shape index (κ1) is 17.6. The largest absolute Gasteiger partial charge is 0.454 e. The number of ketones is 1. The Balaban J connectivity index is 1.46. The molecule has 140 valence electrons. The van der Waals surface area contributed by atoms with Crippen LogP contribution in [-0.2, 0) is 11.2 Å². The second-order valence-electron chi connectivity index (χ2n) is 7.70. The van der Waals surface area contributed by atoms with Gasteiger partial charge in [-0.25, -0.2) is 0 Å². The van der Waals surface area contributed by atoms with Crippen LogP contribution in [0.15, 0.2) is 48.5 Å². The molecule has 5 heteroatoms. The van der Waals surface area contributed by atoms with Crippen LogP contribution in [0.4, 0.5) is 0 Å². The predicted molar refractivity (Wildman–Crippen MR) is 101 cm³/mol. The monoisotopic (exact) mass is 365 g/mol. The normalized spacial score (nSPS) is 21.1. The summed E-state index contributed by atoms with van der Waals surface area (Å²) in [6, 6.07) is 14.8. The van der Waals surface area contributed by atoms with Crippen LogP contribution in [0.5, 0.6) is 11.5 Å². The first-order valence-electron chi connectivity index (χ1n) is 9.31. The van der Waals surface area contributed by atoms with Gasteiger partial charge < -0.3 is 14.4 Å². The molecule has 0 radical (unpaired) electrons. The van der Waals surface area contributed by atoms with Crippen LogP contribution in [0.3, 0.4) is 0 Å². The van der Waals surface area contributed by atoms with Crippen LogP contribution in [0.1, 0.15) is 35.7 Å². The number of carbonyl (C=O) groups is 2. The fraction of sp³-hybridized carbons (Fsp3) is 0.364. The molecule has 5 nitrogen and oxygen atoms in total. The first-order valence-corrected chi connectivity index (χ1v) is 9.31. The molecule has 1 amide bonds. The molecule has 0 unspecified atom stereocenters. The summed E-state index contributed by atoms with van der Waals surface area (Å²) in [5.41, 5.74) is 1.54. The Morgan fingerprint density at radius 2 is 1.85 bits per heavy atom. The highest BCUT2D eigenvalue weighted by Crippen LogP contribution is 2.37. The quantitative estimate of drug-likeness (QED) is 0.615. The minimum Gasteiger partial charge on any atom is -0.454 e. The van der Waals surface area contributed by atoms with Crippen LogP contribution in [0, 0.1) is 5.41 Å². The zero-order valence-electron chi connectivity index (χ0n) is 15.4. The van der Waals surface area contributed by atoms with E-state index >= 15 is 0 Å². The van der Waals surface area contributed by atoms with E-state index in [-0.39, 0.29) is 12.2 Å². The first-order chi connectivity index (χ1) is 13.0. The standard InChI is InChI=1S/C22H23NO4/c1-22(13-16-8-9-18-19(12-16)27-15-26-18)10-5-11-23(14-22)21(25)20(24)17-6-3-2-4-7-17/h2-4,6-9,12H,5,10-11,13-15H2,1H3/t22-/m1/s1. The Morgan fingerprint density at radius 3 is 2.67 bits per heavy atom. The van der Waals surface area contributed by atoms with E-state index in [9.17, 15) is 9.59 Å². The zero-order chi connectivity index (χ0) is 18.9. The molecular formula is C22H23NO4. The van der Waals surface area contributed by atoms with Gasteiger partial charge in [0.2, 0.25) is 12.6 Å². The van der Waals surface area contributed by atoms with E-state index < -0.39 is 11.7 Å². The van der Waals surface area contributed by atoms with E-state index in [1.165, 1.54) is 0 Å². The molecule has 1 atom stereocenters. The Kier molecular flexibility index (Phi) is 4.60. The number of nitrogens with zero attached hydrogens (tertiary/aromatic N) is 1. The maximum Gasteiger partial charge on any atom is 0.294 e. The van der Waals surface area contributed by atoms with Gasteiger partial charge >= 0.3 is 0 Å². The smallest absolute Gasteiger partial charge is 0.294 e. The van der Waals surface area contributed by atoms with Crippen LogP contribution >= 0.6 is 0 Å². The van der Waals surface area contributed by atoms with Crippen molar-refractivity contribution in [2.75, 3.05) is 19.9 Å². The molecule has 2 aromatic carbocycles. The molecular weight excluding hydrogens is 342 g/mol. The maximum absolute atomic E-state index is 12.7. The van der Waals surface area contributed by atoms with Gasteiger partial charge in [-0.15, -0.1) is 0 Å². The summed E-state index contributed by atoms with van der Waals surface area (Å²) in [4.78, 5) is 27.0. The third-order valence-corrected chi connectivity index (χ3v) is 5.37. The number of carbonyl (C=O) groups excluding carboxylic acids is 2. The maximum atomic E-state index is 12.7. The molecule has 2 aliphatic rings. The molecule has 0 N–H and O–H groups in total. The molecule has 1 saturated heterocycles. The summed E-state index contributed by atoms with van der Waals surface area (Å²) in [5, 5.41) is 0. The van der Waals surface area contributed by atoms with Crippen LogP contribution in [0.25, 0.3) is 0 Å². The lowest BCUT2D eigenvalue weighted by Crippen LogP contribution is -2.48. The number of hydrogen-bond donors (Lipinski definition) is 0. The number of amides is 1. The van der Waals surface area contributed by atoms with Gasteiger partial charge in [0, 0.05) is 18.7 Å². The van der Waals surface area contributed by atoms with Gasteiger partial charge in [0.25, 0.3) is 5.91 Å². The number of Topliss-reactive ketones (excluding diaryl/α,β-unsaturated/α-hetero) is 1. The Hall–Kier alpha value is -2.82. The van der Waals surface area contributed by atoms with E-state index in [4.69, 9.17) is 9.47 Å². The number of likely N-dealkylation sites (tertiary alicyclic amines) is 1. The van der Waals surface area contributed by atoms with E-state index in [0.717, 1.165) is 36.3 Å². The lowest BCUT2D eigenvalue weighted by molar-refractivity contribution is -0.129. The summed E-state index contributed by atoms with van der Waals surface area (Å²) in [6.07, 6.45) is 2.74. The lowest BCUT2D eigenvalue weighted by Gasteiger charge is -2.40. The average molecular weight is 365 g/mol. The summed E-state index contributed by atoms with van der Waals surface area (Å²) in [7, 11) is 0. The average Bonchev–Trinajstić information content (AvgIpc) is 3.15. The minimum absolute atomic E-state index is 0.0709. The van der Waals surface area contributed by atoms with Crippen LogP contribution in [-0.4, -0.2) is 36.5 Å².